The number of aliphatic imine (C=N–C) groups is 1. The van der Waals surface area contributed by atoms with Crippen LogP contribution in [0.1, 0.15) is 13.3 Å². The third-order valence-electron chi connectivity index (χ3n) is 0.996. The van der Waals surface area contributed by atoms with Crippen molar-refractivity contribution in [3.63, 3.8) is 0 Å². The number of nitrogens with zero attached hydrogens (tertiary/aromatic N) is 2. The van der Waals surface area contributed by atoms with E-state index in [1.54, 1.807) is 0 Å². The van der Waals surface area contributed by atoms with Crippen LogP contribution in [0.5, 0.6) is 0 Å². The van der Waals surface area contributed by atoms with Crippen LogP contribution in [0.3, 0.4) is 0 Å². The molecule has 0 aromatic carbocycles. The summed E-state index contributed by atoms with van der Waals surface area (Å²) in [7, 11) is 0. The lowest BCUT2D eigenvalue weighted by Gasteiger charge is -2.12. The highest BCUT2D eigenvalue weighted by Crippen LogP contribution is 1.89. The Bertz CT molecular complexity index is 143. The summed E-state index contributed by atoms with van der Waals surface area (Å²) in [6.45, 7) is 0.797. The van der Waals surface area contributed by atoms with Crippen molar-refractivity contribution < 1.29 is 15.0 Å². The van der Waals surface area contributed by atoms with E-state index in [1.165, 1.54) is 6.21 Å². The van der Waals surface area contributed by atoms with Crippen LogP contribution in [0.4, 0.5) is 4.79 Å². The van der Waals surface area contributed by atoms with Gasteiger partial charge < -0.3 is 10.2 Å². The summed E-state index contributed by atoms with van der Waals surface area (Å²) in [5.74, 6) is 0. The van der Waals surface area contributed by atoms with Crippen LogP contribution in [0, 0.1) is 0 Å². The fourth-order valence-corrected chi connectivity index (χ4v) is 0.417. The van der Waals surface area contributed by atoms with E-state index < -0.39 is 19.5 Å². The molecule has 0 aliphatic heterocycles. The predicted octanol–water partition coefficient (Wildman–Crippen LogP) is -0.211. The second-order valence-corrected chi connectivity index (χ2v) is 1.83. The Morgan fingerprint density at radius 1 is 1.55 bits per heavy atom. The van der Waals surface area contributed by atoms with Gasteiger partial charge >= 0.3 is 6.03 Å². The molecule has 0 unspecified atom stereocenters. The Morgan fingerprint density at radius 2 is 2.09 bits per heavy atom. The predicted molar refractivity (Wildman–Crippen MR) is 40.2 cm³/mol. The standard InChI is InChI=1S/C6H12N2O3/c1-2-3-7-6(11)8(4-9)5-10/h3,9-10H,2,4-5H2,1H3/b7-3+. The topological polar surface area (TPSA) is 73.1 Å². The van der Waals surface area contributed by atoms with Gasteiger partial charge in [0.2, 0.25) is 0 Å². The molecule has 64 valence electrons. The Labute approximate surface area is 65.0 Å². The van der Waals surface area contributed by atoms with Gasteiger partial charge in [-0.2, -0.15) is 0 Å². The summed E-state index contributed by atoms with van der Waals surface area (Å²) in [6.07, 6.45) is 2.07. The van der Waals surface area contributed by atoms with Crippen LogP contribution in [0.15, 0.2) is 4.99 Å². The van der Waals surface area contributed by atoms with E-state index in [9.17, 15) is 4.79 Å². The third kappa shape index (κ3) is 3.69. The maximum absolute atomic E-state index is 10.8. The molecular formula is C6H12N2O3. The molecule has 5 heteroatoms. The fourth-order valence-electron chi connectivity index (χ4n) is 0.417. The molecule has 0 atom stereocenters. The average Bonchev–Trinajstić information content (AvgIpc) is 2.03. The van der Waals surface area contributed by atoms with Gasteiger partial charge in [-0.1, -0.05) is 6.92 Å². The van der Waals surface area contributed by atoms with Crippen LogP contribution < -0.4 is 0 Å². The van der Waals surface area contributed by atoms with Gasteiger partial charge in [-0.15, -0.1) is 0 Å². The molecule has 0 spiro atoms. The van der Waals surface area contributed by atoms with Gasteiger partial charge in [-0.3, -0.25) is 4.90 Å². The first-order valence-corrected chi connectivity index (χ1v) is 3.29. The Kier molecular flexibility index (Phi) is 5.32. The van der Waals surface area contributed by atoms with Gasteiger partial charge in [0.25, 0.3) is 0 Å². The molecule has 11 heavy (non-hydrogen) atoms. The molecule has 0 aromatic rings. The first-order valence-electron chi connectivity index (χ1n) is 3.29. The quantitative estimate of drug-likeness (QED) is 0.443. The third-order valence-corrected chi connectivity index (χ3v) is 0.996. The number of hydrogen-bond acceptors (Lipinski definition) is 3. The van der Waals surface area contributed by atoms with E-state index in [0.717, 1.165) is 4.90 Å². The molecule has 0 fully saturated rings. The number of aliphatic hydroxyl groups excluding tert-OH is 2. The zero-order valence-electron chi connectivity index (χ0n) is 6.40. The minimum Gasteiger partial charge on any atom is -0.376 e. The SMILES string of the molecule is CC/C=N/C(=O)N(CO)CO. The summed E-state index contributed by atoms with van der Waals surface area (Å²) in [6, 6.07) is -0.628. The van der Waals surface area contributed by atoms with E-state index in [4.69, 9.17) is 10.2 Å². The van der Waals surface area contributed by atoms with Crippen molar-refractivity contribution in [2.45, 2.75) is 13.3 Å². The summed E-state index contributed by atoms with van der Waals surface area (Å²) in [4.78, 5) is 15.0. The van der Waals surface area contributed by atoms with Crippen molar-refractivity contribution in [3.05, 3.63) is 0 Å². The number of amides is 2. The van der Waals surface area contributed by atoms with Crippen molar-refractivity contribution in [2.24, 2.45) is 4.99 Å². The molecule has 0 saturated carbocycles. The van der Waals surface area contributed by atoms with Crippen LogP contribution in [-0.2, 0) is 0 Å². The molecule has 0 saturated heterocycles. The smallest absolute Gasteiger partial charge is 0.346 e. The molecule has 0 radical (unpaired) electrons. The van der Waals surface area contributed by atoms with Gasteiger partial charge in [0.15, 0.2) is 0 Å². The van der Waals surface area contributed by atoms with Gasteiger partial charge in [-0.25, -0.2) is 9.79 Å². The zero-order chi connectivity index (χ0) is 8.69. The van der Waals surface area contributed by atoms with Gasteiger partial charge in [0, 0.05) is 6.21 Å². The number of aliphatic hydroxyl groups is 2. The normalized spacial score (nSPS) is 10.5. The number of urea groups is 1. The second-order valence-electron chi connectivity index (χ2n) is 1.83. The van der Waals surface area contributed by atoms with Crippen molar-refractivity contribution in [1.29, 1.82) is 0 Å². The largest absolute Gasteiger partial charge is 0.376 e. The summed E-state index contributed by atoms with van der Waals surface area (Å²) in [5, 5.41) is 16.9. The number of carbonyl (C=O) groups is 1. The Hall–Kier alpha value is -0.940. The molecule has 0 aliphatic carbocycles. The molecule has 2 amide bonds. The van der Waals surface area contributed by atoms with E-state index >= 15 is 0 Å². The van der Waals surface area contributed by atoms with Crippen molar-refractivity contribution in [3.8, 4) is 0 Å². The first-order chi connectivity index (χ1) is 5.26. The average molecular weight is 160 g/mol. The van der Waals surface area contributed by atoms with Crippen molar-refractivity contribution >= 4 is 12.2 Å². The van der Waals surface area contributed by atoms with Gasteiger partial charge in [0.1, 0.15) is 13.5 Å². The number of carbonyl (C=O) groups excluding carboxylic acids is 1. The minimum atomic E-state index is -0.628. The fraction of sp³-hybridized carbons (Fsp3) is 0.667. The van der Waals surface area contributed by atoms with E-state index in [0.29, 0.717) is 6.42 Å². The highest BCUT2D eigenvalue weighted by Gasteiger charge is 2.06. The Morgan fingerprint density at radius 3 is 2.45 bits per heavy atom. The Balaban J connectivity index is 3.88. The van der Waals surface area contributed by atoms with Crippen LogP contribution >= 0.6 is 0 Å². The maximum atomic E-state index is 10.8. The molecule has 0 aromatic heterocycles. The van der Waals surface area contributed by atoms with E-state index in [2.05, 4.69) is 4.99 Å². The monoisotopic (exact) mass is 160 g/mol. The molecule has 5 nitrogen and oxygen atoms in total. The summed E-state index contributed by atoms with van der Waals surface area (Å²) < 4.78 is 0. The number of rotatable bonds is 3. The molecular weight excluding hydrogens is 148 g/mol. The van der Waals surface area contributed by atoms with Gasteiger partial charge in [-0.05, 0) is 6.42 Å². The van der Waals surface area contributed by atoms with Crippen molar-refractivity contribution in [1.82, 2.24) is 4.90 Å². The molecule has 2 N–H and O–H groups in total. The summed E-state index contributed by atoms with van der Waals surface area (Å²) in [5.41, 5.74) is 0. The lowest BCUT2D eigenvalue weighted by molar-refractivity contribution is 0.0611. The lowest BCUT2D eigenvalue weighted by Crippen LogP contribution is -2.30. The molecule has 0 rings (SSSR count). The maximum Gasteiger partial charge on any atom is 0.346 e. The molecule has 0 bridgehead atoms. The van der Waals surface area contributed by atoms with Gasteiger partial charge in [0.05, 0.1) is 0 Å². The minimum absolute atomic E-state index is 0.517. The number of hydrogen-bond donors (Lipinski definition) is 2. The van der Waals surface area contributed by atoms with Crippen molar-refractivity contribution in [2.75, 3.05) is 13.5 Å². The second kappa shape index (κ2) is 5.82. The van der Waals surface area contributed by atoms with Crippen LogP contribution in [0.25, 0.3) is 0 Å². The van der Waals surface area contributed by atoms with E-state index in [1.807, 2.05) is 6.92 Å². The van der Waals surface area contributed by atoms with Crippen LogP contribution in [0.2, 0.25) is 0 Å². The molecule has 0 heterocycles. The summed E-state index contributed by atoms with van der Waals surface area (Å²) >= 11 is 0. The lowest BCUT2D eigenvalue weighted by atomic mass is 10.5. The van der Waals surface area contributed by atoms with Crippen LogP contribution in [-0.4, -0.2) is 40.8 Å². The van der Waals surface area contributed by atoms with E-state index in [-0.39, 0.29) is 0 Å². The molecule has 0 aliphatic rings. The first kappa shape index (κ1) is 10.1. The highest BCUT2D eigenvalue weighted by atomic mass is 16.3. The zero-order valence-corrected chi connectivity index (χ0v) is 6.40. The highest BCUT2D eigenvalue weighted by molar-refractivity contribution is 5.83.